The highest BCUT2D eigenvalue weighted by Crippen LogP contribution is 2.13. The summed E-state index contributed by atoms with van der Waals surface area (Å²) in [5.74, 6) is 0.187. The summed E-state index contributed by atoms with van der Waals surface area (Å²) < 4.78 is 0. The third kappa shape index (κ3) is 3.91. The number of anilines is 1. The maximum Gasteiger partial charge on any atom is 0.252 e. The number of likely N-dealkylation sites (N-methyl/N-ethyl adjacent to an activating group) is 1. The predicted molar refractivity (Wildman–Crippen MR) is 92.9 cm³/mol. The topological polar surface area (TPSA) is 77.0 Å². The maximum atomic E-state index is 12.1. The standard InChI is InChI=1S/C17H23N5O2/c1-12-3-5-13(6-4-12)18-15(23)11-14-16(24)20-17(19-14)22-9-7-21(2)8-10-22/h3-6,14H,7-11H2,1-2H3,(H,18,23)(H,19,20,24)/t14-/m1/s1. The Morgan fingerprint density at radius 3 is 2.58 bits per heavy atom. The molecule has 0 bridgehead atoms. The van der Waals surface area contributed by atoms with Gasteiger partial charge in [0, 0.05) is 31.9 Å². The fourth-order valence-corrected chi connectivity index (χ4v) is 2.77. The number of rotatable bonds is 3. The van der Waals surface area contributed by atoms with E-state index < -0.39 is 6.04 Å². The van der Waals surface area contributed by atoms with Crippen LogP contribution in [-0.4, -0.2) is 66.8 Å². The smallest absolute Gasteiger partial charge is 0.252 e. The van der Waals surface area contributed by atoms with Gasteiger partial charge in [0.2, 0.25) is 11.9 Å². The van der Waals surface area contributed by atoms with Crippen LogP contribution in [-0.2, 0) is 9.59 Å². The number of benzene rings is 1. The lowest BCUT2D eigenvalue weighted by Gasteiger charge is -2.33. The lowest BCUT2D eigenvalue weighted by molar-refractivity contribution is -0.124. The lowest BCUT2D eigenvalue weighted by Crippen LogP contribution is -2.50. The van der Waals surface area contributed by atoms with Crippen molar-refractivity contribution in [2.24, 2.45) is 4.99 Å². The molecule has 1 aromatic rings. The van der Waals surface area contributed by atoms with E-state index >= 15 is 0 Å². The van der Waals surface area contributed by atoms with Gasteiger partial charge < -0.3 is 15.1 Å². The summed E-state index contributed by atoms with van der Waals surface area (Å²) in [6, 6.07) is 6.91. The number of carbonyl (C=O) groups is 2. The van der Waals surface area contributed by atoms with Crippen LogP contribution in [0, 0.1) is 6.92 Å². The second-order valence-electron chi connectivity index (χ2n) is 6.37. The molecule has 1 aromatic carbocycles. The molecule has 7 nitrogen and oxygen atoms in total. The molecule has 0 unspecified atom stereocenters. The quantitative estimate of drug-likeness (QED) is 0.843. The second kappa shape index (κ2) is 7.00. The highest BCUT2D eigenvalue weighted by molar-refractivity contribution is 6.07. The van der Waals surface area contributed by atoms with Crippen molar-refractivity contribution in [3.63, 3.8) is 0 Å². The van der Waals surface area contributed by atoms with Crippen LogP contribution < -0.4 is 10.6 Å². The van der Waals surface area contributed by atoms with E-state index in [0.29, 0.717) is 5.96 Å². The minimum absolute atomic E-state index is 0.0525. The van der Waals surface area contributed by atoms with E-state index in [-0.39, 0.29) is 18.2 Å². The summed E-state index contributed by atoms with van der Waals surface area (Å²) in [6.45, 7) is 5.53. The van der Waals surface area contributed by atoms with E-state index in [1.54, 1.807) is 0 Å². The zero-order valence-electron chi connectivity index (χ0n) is 14.1. The van der Waals surface area contributed by atoms with Crippen LogP contribution in [0.5, 0.6) is 0 Å². The molecule has 0 aliphatic carbocycles. The Hall–Kier alpha value is -2.41. The van der Waals surface area contributed by atoms with Gasteiger partial charge >= 0.3 is 0 Å². The predicted octanol–water partition coefficient (Wildman–Crippen LogP) is 0.425. The lowest BCUT2D eigenvalue weighted by atomic mass is 10.2. The molecule has 2 N–H and O–H groups in total. The minimum Gasteiger partial charge on any atom is -0.340 e. The molecule has 7 heteroatoms. The van der Waals surface area contributed by atoms with Crippen molar-refractivity contribution in [3.8, 4) is 0 Å². The van der Waals surface area contributed by atoms with E-state index in [1.165, 1.54) is 0 Å². The molecule has 24 heavy (non-hydrogen) atoms. The number of nitrogens with one attached hydrogen (secondary N) is 2. The number of hydrogen-bond donors (Lipinski definition) is 2. The molecule has 0 spiro atoms. The molecule has 2 aliphatic heterocycles. The van der Waals surface area contributed by atoms with Gasteiger partial charge in [-0.15, -0.1) is 0 Å². The Morgan fingerprint density at radius 2 is 1.92 bits per heavy atom. The molecule has 1 saturated heterocycles. The molecule has 2 amide bonds. The van der Waals surface area contributed by atoms with Gasteiger partial charge in [0.05, 0.1) is 6.42 Å². The van der Waals surface area contributed by atoms with Crippen molar-refractivity contribution in [3.05, 3.63) is 29.8 Å². The molecule has 2 aliphatic rings. The first kappa shape index (κ1) is 16.4. The van der Waals surface area contributed by atoms with Crippen molar-refractivity contribution in [1.29, 1.82) is 0 Å². The van der Waals surface area contributed by atoms with Crippen molar-refractivity contribution in [2.45, 2.75) is 19.4 Å². The molecular formula is C17H23N5O2. The number of amides is 2. The monoisotopic (exact) mass is 329 g/mol. The van der Waals surface area contributed by atoms with Crippen molar-refractivity contribution in [1.82, 2.24) is 15.1 Å². The Morgan fingerprint density at radius 1 is 1.25 bits per heavy atom. The first-order chi connectivity index (χ1) is 11.5. The highest BCUT2D eigenvalue weighted by atomic mass is 16.2. The SMILES string of the molecule is Cc1ccc(NC(=O)C[C@H]2N=C(N3CCN(C)CC3)NC2=O)cc1. The van der Waals surface area contributed by atoms with Crippen molar-refractivity contribution < 1.29 is 9.59 Å². The first-order valence-electron chi connectivity index (χ1n) is 8.20. The number of hydrogen-bond acceptors (Lipinski definition) is 5. The van der Waals surface area contributed by atoms with Gasteiger partial charge in [0.15, 0.2) is 0 Å². The van der Waals surface area contributed by atoms with E-state index in [4.69, 9.17) is 0 Å². The Bertz CT molecular complexity index is 647. The number of aryl methyl sites for hydroxylation is 1. The van der Waals surface area contributed by atoms with Crippen LogP contribution in [0.25, 0.3) is 0 Å². The number of carbonyl (C=O) groups excluding carboxylic acids is 2. The second-order valence-corrected chi connectivity index (χ2v) is 6.37. The molecule has 128 valence electrons. The van der Waals surface area contributed by atoms with E-state index in [1.807, 2.05) is 31.2 Å². The van der Waals surface area contributed by atoms with Gasteiger partial charge in [-0.2, -0.15) is 0 Å². The molecule has 3 rings (SSSR count). The summed E-state index contributed by atoms with van der Waals surface area (Å²) >= 11 is 0. The fourth-order valence-electron chi connectivity index (χ4n) is 2.77. The highest BCUT2D eigenvalue weighted by Gasteiger charge is 2.31. The van der Waals surface area contributed by atoms with Crippen molar-refractivity contribution in [2.75, 3.05) is 38.5 Å². The summed E-state index contributed by atoms with van der Waals surface area (Å²) in [6.07, 6.45) is 0.0525. The Labute approximate surface area is 141 Å². The van der Waals surface area contributed by atoms with E-state index in [2.05, 4.69) is 32.5 Å². The maximum absolute atomic E-state index is 12.1. The molecule has 1 fully saturated rings. The zero-order chi connectivity index (χ0) is 17.1. The van der Waals surface area contributed by atoms with Gasteiger partial charge in [-0.1, -0.05) is 17.7 Å². The van der Waals surface area contributed by atoms with E-state index in [9.17, 15) is 9.59 Å². The summed E-state index contributed by atoms with van der Waals surface area (Å²) in [5.41, 5.74) is 1.86. The molecule has 0 aromatic heterocycles. The average Bonchev–Trinajstić information content (AvgIpc) is 2.91. The summed E-state index contributed by atoms with van der Waals surface area (Å²) in [5, 5.41) is 5.61. The third-order valence-electron chi connectivity index (χ3n) is 4.33. The van der Waals surface area contributed by atoms with Crippen LogP contribution in [0.1, 0.15) is 12.0 Å². The molecule has 0 saturated carbocycles. The van der Waals surface area contributed by atoms with Crippen molar-refractivity contribution >= 4 is 23.5 Å². The minimum atomic E-state index is -0.648. The van der Waals surface area contributed by atoms with E-state index in [0.717, 1.165) is 37.4 Å². The number of guanidine groups is 1. The van der Waals surface area contributed by atoms with Gasteiger partial charge in [0.1, 0.15) is 6.04 Å². The molecule has 1 atom stereocenters. The van der Waals surface area contributed by atoms with Gasteiger partial charge in [-0.3, -0.25) is 14.9 Å². The van der Waals surface area contributed by atoms with Gasteiger partial charge in [-0.25, -0.2) is 4.99 Å². The number of piperazine rings is 1. The van der Waals surface area contributed by atoms with Crippen LogP contribution >= 0.6 is 0 Å². The summed E-state index contributed by atoms with van der Waals surface area (Å²) in [4.78, 5) is 32.9. The number of aliphatic imine (C=N–C) groups is 1. The average molecular weight is 329 g/mol. The third-order valence-corrected chi connectivity index (χ3v) is 4.33. The Kier molecular flexibility index (Phi) is 4.80. The normalized spacial score (nSPS) is 21.4. The zero-order valence-corrected chi connectivity index (χ0v) is 14.1. The van der Waals surface area contributed by atoms with Crippen LogP contribution in [0.4, 0.5) is 5.69 Å². The molecule has 2 heterocycles. The van der Waals surface area contributed by atoms with Crippen LogP contribution in [0.15, 0.2) is 29.3 Å². The fraction of sp³-hybridized carbons (Fsp3) is 0.471. The molecule has 0 radical (unpaired) electrons. The van der Waals surface area contributed by atoms with Gasteiger partial charge in [0.25, 0.3) is 5.91 Å². The van der Waals surface area contributed by atoms with Crippen LogP contribution in [0.3, 0.4) is 0 Å². The summed E-state index contributed by atoms with van der Waals surface area (Å²) in [7, 11) is 2.07. The Balaban J connectivity index is 1.57. The largest absolute Gasteiger partial charge is 0.340 e. The van der Waals surface area contributed by atoms with Crippen LogP contribution in [0.2, 0.25) is 0 Å². The molecular weight excluding hydrogens is 306 g/mol. The van der Waals surface area contributed by atoms with Gasteiger partial charge in [-0.05, 0) is 26.1 Å². The first-order valence-corrected chi connectivity index (χ1v) is 8.20. The number of nitrogens with zero attached hydrogens (tertiary/aromatic N) is 3.